The quantitative estimate of drug-likeness (QED) is 0.522. The van der Waals surface area contributed by atoms with Crippen LogP contribution < -0.4 is 4.90 Å². The summed E-state index contributed by atoms with van der Waals surface area (Å²) in [4.78, 5) is 18.6. The van der Waals surface area contributed by atoms with Gasteiger partial charge in [-0.15, -0.1) is 0 Å². The van der Waals surface area contributed by atoms with Gasteiger partial charge in [-0.1, -0.05) is 35.5 Å². The van der Waals surface area contributed by atoms with Gasteiger partial charge in [0.25, 0.3) is 0 Å². The fourth-order valence-electron chi connectivity index (χ4n) is 2.78. The molecule has 0 bridgehead atoms. The number of carbonyl (C=O) groups is 1. The highest BCUT2D eigenvalue weighted by molar-refractivity contribution is 7.08. The number of anilines is 1. The number of aryl methyl sites for hydroxylation is 1. The van der Waals surface area contributed by atoms with Crippen LogP contribution in [0.5, 0.6) is 0 Å². The number of hydrogen-bond acceptors (Lipinski definition) is 5. The number of nitrogens with zero attached hydrogens (tertiary/aromatic N) is 3. The van der Waals surface area contributed by atoms with E-state index in [4.69, 9.17) is 4.52 Å². The smallest absolute Gasteiger partial charge is 0.227 e. The highest BCUT2D eigenvalue weighted by atomic mass is 32.1. The lowest BCUT2D eigenvalue weighted by atomic mass is 10.1. The first-order chi connectivity index (χ1) is 12.7. The fourth-order valence-corrected chi connectivity index (χ4v) is 3.41. The van der Waals surface area contributed by atoms with Gasteiger partial charge in [0.1, 0.15) is 0 Å². The summed E-state index contributed by atoms with van der Waals surface area (Å²) in [5.41, 5.74) is 1.81. The Morgan fingerprint density at radius 1 is 1.15 bits per heavy atom. The van der Waals surface area contributed by atoms with Crippen LogP contribution in [0.3, 0.4) is 0 Å². The van der Waals surface area contributed by atoms with Crippen LogP contribution in [0.1, 0.15) is 12.3 Å². The lowest BCUT2D eigenvalue weighted by molar-refractivity contribution is -0.118. The average Bonchev–Trinajstić information content (AvgIpc) is 3.36. The first-order valence-electron chi connectivity index (χ1n) is 8.31. The Hall–Kier alpha value is -2.99. The molecule has 0 aliphatic heterocycles. The lowest BCUT2D eigenvalue weighted by Crippen LogP contribution is -2.26. The summed E-state index contributed by atoms with van der Waals surface area (Å²) in [7, 11) is 1.79. The molecule has 0 aliphatic carbocycles. The third-order valence-corrected chi connectivity index (χ3v) is 4.98. The first-order valence-corrected chi connectivity index (χ1v) is 9.25. The predicted molar refractivity (Wildman–Crippen MR) is 103 cm³/mol. The van der Waals surface area contributed by atoms with E-state index in [1.165, 1.54) is 0 Å². The van der Waals surface area contributed by atoms with E-state index in [0.717, 1.165) is 22.0 Å². The number of carbonyl (C=O) groups excluding carboxylic acids is 1. The Bertz CT molecular complexity index is 1040. The first kappa shape index (κ1) is 16.5. The minimum absolute atomic E-state index is 0.00978. The molecule has 0 aliphatic rings. The standard InChI is InChI=1S/C20H17N3O2S/c1-23(17-7-6-14-4-2-3-5-15(14)12-17)19(24)9-8-18-21-20(22-25-18)16-10-11-26-13-16/h2-7,10-13H,8-9H2,1H3. The van der Waals surface area contributed by atoms with Gasteiger partial charge in [-0.05, 0) is 34.4 Å². The Morgan fingerprint density at radius 3 is 2.81 bits per heavy atom. The molecule has 0 fully saturated rings. The zero-order valence-electron chi connectivity index (χ0n) is 14.3. The van der Waals surface area contributed by atoms with Gasteiger partial charge in [0.2, 0.25) is 17.6 Å². The van der Waals surface area contributed by atoms with Gasteiger partial charge in [-0.2, -0.15) is 16.3 Å². The molecule has 26 heavy (non-hydrogen) atoms. The second-order valence-corrected chi connectivity index (χ2v) is 6.79. The maximum absolute atomic E-state index is 12.5. The van der Waals surface area contributed by atoms with E-state index in [2.05, 4.69) is 16.2 Å². The van der Waals surface area contributed by atoms with E-state index >= 15 is 0 Å². The molecule has 4 rings (SSSR count). The summed E-state index contributed by atoms with van der Waals surface area (Å²) in [5.74, 6) is 1.05. The van der Waals surface area contributed by atoms with Crippen LogP contribution >= 0.6 is 11.3 Å². The third kappa shape index (κ3) is 3.36. The zero-order chi connectivity index (χ0) is 17.9. The second kappa shape index (κ2) is 7.09. The summed E-state index contributed by atoms with van der Waals surface area (Å²) >= 11 is 1.58. The van der Waals surface area contributed by atoms with Crippen LogP contribution in [-0.4, -0.2) is 23.1 Å². The number of thiophene rings is 1. The number of aromatic nitrogens is 2. The number of benzene rings is 2. The molecule has 6 heteroatoms. The van der Waals surface area contributed by atoms with Crippen molar-refractivity contribution < 1.29 is 9.32 Å². The largest absolute Gasteiger partial charge is 0.339 e. The van der Waals surface area contributed by atoms with E-state index in [-0.39, 0.29) is 5.91 Å². The SMILES string of the molecule is CN(C(=O)CCc1nc(-c2ccsc2)no1)c1ccc2ccccc2c1. The molecule has 0 saturated heterocycles. The molecule has 130 valence electrons. The summed E-state index contributed by atoms with van der Waals surface area (Å²) < 4.78 is 5.25. The molecule has 0 N–H and O–H groups in total. The van der Waals surface area contributed by atoms with Crippen LogP contribution in [0.15, 0.2) is 63.8 Å². The molecule has 4 aromatic rings. The van der Waals surface area contributed by atoms with Crippen molar-refractivity contribution in [3.05, 3.63) is 65.2 Å². The summed E-state index contributed by atoms with van der Waals surface area (Å²) in [5, 5.41) is 10.2. The van der Waals surface area contributed by atoms with Crippen molar-refractivity contribution >= 4 is 33.7 Å². The van der Waals surface area contributed by atoms with Crippen molar-refractivity contribution in [3.8, 4) is 11.4 Å². The van der Waals surface area contributed by atoms with Crippen molar-refractivity contribution in [2.45, 2.75) is 12.8 Å². The Morgan fingerprint density at radius 2 is 2.00 bits per heavy atom. The zero-order valence-corrected chi connectivity index (χ0v) is 15.1. The van der Waals surface area contributed by atoms with Crippen LogP contribution in [0, 0.1) is 0 Å². The van der Waals surface area contributed by atoms with E-state index in [1.54, 1.807) is 23.3 Å². The van der Waals surface area contributed by atoms with Crippen molar-refractivity contribution in [2.24, 2.45) is 0 Å². The molecular formula is C20H17N3O2S. The summed E-state index contributed by atoms with van der Waals surface area (Å²) in [6.07, 6.45) is 0.739. The molecule has 0 spiro atoms. The van der Waals surface area contributed by atoms with Gasteiger partial charge in [0.05, 0.1) is 0 Å². The molecule has 0 atom stereocenters. The van der Waals surface area contributed by atoms with Crippen molar-refractivity contribution in [3.63, 3.8) is 0 Å². The highest BCUT2D eigenvalue weighted by Crippen LogP contribution is 2.22. The maximum atomic E-state index is 12.5. The van der Waals surface area contributed by atoms with Gasteiger partial charge in [0, 0.05) is 36.5 Å². The molecule has 0 unspecified atom stereocenters. The number of fused-ring (bicyclic) bond motifs is 1. The number of rotatable bonds is 5. The molecule has 5 nitrogen and oxygen atoms in total. The minimum Gasteiger partial charge on any atom is -0.339 e. The van der Waals surface area contributed by atoms with Crippen molar-refractivity contribution in [1.82, 2.24) is 10.1 Å². The number of hydrogen-bond donors (Lipinski definition) is 0. The predicted octanol–water partition coefficient (Wildman–Crippen LogP) is 4.55. The Labute approximate surface area is 154 Å². The molecule has 0 radical (unpaired) electrons. The fraction of sp³-hybridized carbons (Fsp3) is 0.150. The van der Waals surface area contributed by atoms with Crippen LogP contribution in [0.2, 0.25) is 0 Å². The van der Waals surface area contributed by atoms with Gasteiger partial charge < -0.3 is 9.42 Å². The molecule has 1 amide bonds. The average molecular weight is 363 g/mol. The van der Waals surface area contributed by atoms with Crippen LogP contribution in [0.4, 0.5) is 5.69 Å². The van der Waals surface area contributed by atoms with E-state index < -0.39 is 0 Å². The van der Waals surface area contributed by atoms with Crippen LogP contribution in [0.25, 0.3) is 22.2 Å². The maximum Gasteiger partial charge on any atom is 0.227 e. The monoisotopic (exact) mass is 363 g/mol. The van der Waals surface area contributed by atoms with E-state index in [9.17, 15) is 4.79 Å². The summed E-state index contributed by atoms with van der Waals surface area (Å²) in [6, 6.07) is 16.1. The molecule has 2 aromatic heterocycles. The van der Waals surface area contributed by atoms with E-state index in [1.807, 2.05) is 53.2 Å². The van der Waals surface area contributed by atoms with E-state index in [0.29, 0.717) is 24.6 Å². The minimum atomic E-state index is 0.00978. The molecule has 0 saturated carbocycles. The highest BCUT2D eigenvalue weighted by Gasteiger charge is 2.15. The lowest BCUT2D eigenvalue weighted by Gasteiger charge is -2.17. The second-order valence-electron chi connectivity index (χ2n) is 6.01. The molecular weight excluding hydrogens is 346 g/mol. The Kier molecular flexibility index (Phi) is 4.50. The van der Waals surface area contributed by atoms with Crippen molar-refractivity contribution in [1.29, 1.82) is 0 Å². The van der Waals surface area contributed by atoms with Gasteiger partial charge in [-0.3, -0.25) is 4.79 Å². The normalized spacial score (nSPS) is 11.0. The third-order valence-electron chi connectivity index (χ3n) is 4.29. The topological polar surface area (TPSA) is 59.2 Å². The van der Waals surface area contributed by atoms with Gasteiger partial charge in [0.15, 0.2) is 0 Å². The molecule has 2 aromatic carbocycles. The molecule has 2 heterocycles. The van der Waals surface area contributed by atoms with Gasteiger partial charge in [-0.25, -0.2) is 0 Å². The van der Waals surface area contributed by atoms with Crippen molar-refractivity contribution in [2.75, 3.05) is 11.9 Å². The Balaban J connectivity index is 1.42. The van der Waals surface area contributed by atoms with Gasteiger partial charge >= 0.3 is 0 Å². The number of amides is 1. The summed E-state index contributed by atoms with van der Waals surface area (Å²) in [6.45, 7) is 0. The van der Waals surface area contributed by atoms with Crippen LogP contribution in [-0.2, 0) is 11.2 Å².